The Morgan fingerprint density at radius 1 is 1.30 bits per heavy atom. The molecule has 2 amide bonds. The molecule has 0 fully saturated rings. The van der Waals surface area contributed by atoms with E-state index in [9.17, 15) is 4.79 Å². The quantitative estimate of drug-likeness (QED) is 0.802. The number of oxime groups is 1. The van der Waals surface area contributed by atoms with Gasteiger partial charge in [-0.15, -0.1) is 0 Å². The molecule has 2 aromatic rings. The van der Waals surface area contributed by atoms with Gasteiger partial charge in [0.1, 0.15) is 0 Å². The first kappa shape index (κ1) is 19.2. The highest BCUT2D eigenvalue weighted by Gasteiger charge is 2.27. The Hall–Kier alpha value is -2.53. The zero-order valence-electron chi connectivity index (χ0n) is 15.6. The van der Waals surface area contributed by atoms with E-state index in [1.54, 1.807) is 4.90 Å². The van der Waals surface area contributed by atoms with Gasteiger partial charge in [-0.25, -0.2) is 4.79 Å². The van der Waals surface area contributed by atoms with Crippen LogP contribution in [0.5, 0.6) is 0 Å². The third kappa shape index (κ3) is 5.01. The van der Waals surface area contributed by atoms with Gasteiger partial charge in [-0.3, -0.25) is 0 Å². The summed E-state index contributed by atoms with van der Waals surface area (Å²) in [6.07, 6.45) is 0.512. The van der Waals surface area contributed by atoms with E-state index in [1.807, 2.05) is 49.4 Å². The Balaban J connectivity index is 1.68. The third-order valence-corrected chi connectivity index (χ3v) is 4.73. The van der Waals surface area contributed by atoms with Crippen LogP contribution in [0.25, 0.3) is 0 Å². The number of amides is 2. The van der Waals surface area contributed by atoms with Gasteiger partial charge in [0, 0.05) is 30.1 Å². The number of urea groups is 1. The number of benzene rings is 2. The summed E-state index contributed by atoms with van der Waals surface area (Å²) in [6, 6.07) is 15.5. The standard InChI is InChI=1S/C21H24ClN3O2/c1-3-23-21(26)25(13-16-8-6-9-17(22)11-16)14-18-12-20(24-27-18)19-10-5-4-7-15(19)2/h4-11,18H,3,12-14H2,1-2H3,(H,23,26)/t18-/m0/s1. The molecule has 2 aromatic carbocycles. The first-order valence-electron chi connectivity index (χ1n) is 9.12. The summed E-state index contributed by atoms with van der Waals surface area (Å²) in [4.78, 5) is 19.9. The minimum absolute atomic E-state index is 0.120. The number of halogens is 1. The van der Waals surface area contributed by atoms with Crippen LogP contribution in [-0.4, -0.2) is 35.8 Å². The second kappa shape index (κ2) is 8.91. The zero-order chi connectivity index (χ0) is 19.2. The fraction of sp³-hybridized carbons (Fsp3) is 0.333. The number of carbonyl (C=O) groups is 1. The summed E-state index contributed by atoms with van der Waals surface area (Å²) in [5.41, 5.74) is 4.17. The molecule has 0 unspecified atom stereocenters. The van der Waals surface area contributed by atoms with Crippen molar-refractivity contribution in [1.29, 1.82) is 0 Å². The summed E-state index contributed by atoms with van der Waals surface area (Å²) in [7, 11) is 0. The molecule has 1 atom stereocenters. The molecule has 0 radical (unpaired) electrons. The first-order valence-corrected chi connectivity index (χ1v) is 9.50. The van der Waals surface area contributed by atoms with Crippen LogP contribution in [0.2, 0.25) is 5.02 Å². The maximum Gasteiger partial charge on any atom is 0.317 e. The summed E-state index contributed by atoms with van der Waals surface area (Å²) in [5, 5.41) is 7.79. The zero-order valence-corrected chi connectivity index (χ0v) is 16.4. The predicted molar refractivity (Wildman–Crippen MR) is 108 cm³/mol. The SMILES string of the molecule is CCNC(=O)N(Cc1cccc(Cl)c1)C[C@@H]1CC(c2ccccc2C)=NO1. The number of hydrogen-bond donors (Lipinski definition) is 1. The van der Waals surface area contributed by atoms with Crippen molar-refractivity contribution in [2.45, 2.75) is 32.9 Å². The van der Waals surface area contributed by atoms with Crippen molar-refractivity contribution >= 4 is 23.3 Å². The van der Waals surface area contributed by atoms with Gasteiger partial charge < -0.3 is 15.1 Å². The van der Waals surface area contributed by atoms with Crippen molar-refractivity contribution in [2.75, 3.05) is 13.1 Å². The normalized spacial score (nSPS) is 15.8. The number of hydrogen-bond acceptors (Lipinski definition) is 3. The molecule has 0 aromatic heterocycles. The molecule has 0 aliphatic carbocycles. The summed E-state index contributed by atoms with van der Waals surface area (Å²) in [6.45, 7) is 5.46. The molecule has 1 aliphatic heterocycles. The Morgan fingerprint density at radius 3 is 2.85 bits per heavy atom. The van der Waals surface area contributed by atoms with Crippen LogP contribution in [0.1, 0.15) is 30.0 Å². The largest absolute Gasteiger partial charge is 0.390 e. The predicted octanol–water partition coefficient (Wildman–Crippen LogP) is 4.37. The van der Waals surface area contributed by atoms with Gasteiger partial charge >= 0.3 is 6.03 Å². The maximum atomic E-state index is 12.5. The van der Waals surface area contributed by atoms with E-state index in [-0.39, 0.29) is 12.1 Å². The lowest BCUT2D eigenvalue weighted by molar-refractivity contribution is 0.0590. The van der Waals surface area contributed by atoms with E-state index >= 15 is 0 Å². The summed E-state index contributed by atoms with van der Waals surface area (Å²) >= 11 is 6.08. The van der Waals surface area contributed by atoms with Gasteiger partial charge in [0.15, 0.2) is 6.10 Å². The molecule has 27 heavy (non-hydrogen) atoms. The number of nitrogens with one attached hydrogen (secondary N) is 1. The van der Waals surface area contributed by atoms with Crippen molar-refractivity contribution < 1.29 is 9.63 Å². The number of nitrogens with zero attached hydrogens (tertiary/aromatic N) is 2. The molecule has 3 rings (SSSR count). The molecule has 5 nitrogen and oxygen atoms in total. The van der Waals surface area contributed by atoms with Gasteiger partial charge in [0.2, 0.25) is 0 Å². The Morgan fingerprint density at radius 2 is 2.11 bits per heavy atom. The molecule has 1 heterocycles. The molecule has 142 valence electrons. The Labute approximate surface area is 165 Å². The van der Waals surface area contributed by atoms with E-state index in [4.69, 9.17) is 16.4 Å². The average molecular weight is 386 g/mol. The Kier molecular flexibility index (Phi) is 6.35. The lowest BCUT2D eigenvalue weighted by Gasteiger charge is -2.25. The molecule has 0 bridgehead atoms. The van der Waals surface area contributed by atoms with Crippen molar-refractivity contribution in [3.8, 4) is 0 Å². The monoisotopic (exact) mass is 385 g/mol. The summed E-state index contributed by atoms with van der Waals surface area (Å²) < 4.78 is 0. The van der Waals surface area contributed by atoms with Gasteiger partial charge in [-0.05, 0) is 37.1 Å². The molecular formula is C21H24ClN3O2. The number of carbonyl (C=O) groups excluding carboxylic acids is 1. The van der Waals surface area contributed by atoms with Crippen LogP contribution in [0.3, 0.4) is 0 Å². The molecular weight excluding hydrogens is 362 g/mol. The van der Waals surface area contributed by atoms with Crippen molar-refractivity contribution in [2.24, 2.45) is 5.16 Å². The van der Waals surface area contributed by atoms with E-state index in [0.717, 1.165) is 16.8 Å². The third-order valence-electron chi connectivity index (χ3n) is 4.49. The van der Waals surface area contributed by atoms with E-state index in [0.29, 0.717) is 31.1 Å². The second-order valence-electron chi connectivity index (χ2n) is 6.63. The fourth-order valence-corrected chi connectivity index (χ4v) is 3.38. The highest BCUT2D eigenvalue weighted by molar-refractivity contribution is 6.30. The van der Waals surface area contributed by atoms with Gasteiger partial charge in [-0.2, -0.15) is 0 Å². The lowest BCUT2D eigenvalue weighted by Crippen LogP contribution is -2.43. The highest BCUT2D eigenvalue weighted by Crippen LogP contribution is 2.21. The first-order chi connectivity index (χ1) is 13.1. The van der Waals surface area contributed by atoms with Crippen LogP contribution >= 0.6 is 11.6 Å². The molecule has 0 saturated carbocycles. The molecule has 6 heteroatoms. The van der Waals surface area contributed by atoms with Crippen molar-refractivity contribution in [1.82, 2.24) is 10.2 Å². The minimum Gasteiger partial charge on any atom is -0.390 e. The molecule has 0 spiro atoms. The van der Waals surface area contributed by atoms with Crippen LogP contribution in [-0.2, 0) is 11.4 Å². The highest BCUT2D eigenvalue weighted by atomic mass is 35.5. The average Bonchev–Trinajstić information content (AvgIpc) is 3.10. The van der Waals surface area contributed by atoms with Crippen LogP contribution in [0.4, 0.5) is 4.79 Å². The van der Waals surface area contributed by atoms with E-state index < -0.39 is 0 Å². The van der Waals surface area contributed by atoms with E-state index in [2.05, 4.69) is 23.5 Å². The fourth-order valence-electron chi connectivity index (χ4n) is 3.17. The van der Waals surface area contributed by atoms with Gasteiger partial charge in [0.25, 0.3) is 0 Å². The Bertz CT molecular complexity index is 838. The molecule has 1 N–H and O–H groups in total. The lowest BCUT2D eigenvalue weighted by atomic mass is 10.0. The smallest absolute Gasteiger partial charge is 0.317 e. The van der Waals surface area contributed by atoms with Crippen LogP contribution < -0.4 is 5.32 Å². The number of rotatable bonds is 6. The van der Waals surface area contributed by atoms with Crippen LogP contribution in [0, 0.1) is 6.92 Å². The second-order valence-corrected chi connectivity index (χ2v) is 7.07. The maximum absolute atomic E-state index is 12.5. The van der Waals surface area contributed by atoms with Crippen molar-refractivity contribution in [3.05, 3.63) is 70.2 Å². The summed E-state index contributed by atoms with van der Waals surface area (Å²) in [5.74, 6) is 0. The minimum atomic E-state index is -0.165. The van der Waals surface area contributed by atoms with E-state index in [1.165, 1.54) is 5.56 Å². The topological polar surface area (TPSA) is 53.9 Å². The number of aryl methyl sites for hydroxylation is 1. The van der Waals surface area contributed by atoms with Crippen LogP contribution in [0.15, 0.2) is 53.7 Å². The van der Waals surface area contributed by atoms with Crippen molar-refractivity contribution in [3.63, 3.8) is 0 Å². The molecule has 1 aliphatic rings. The van der Waals surface area contributed by atoms with Gasteiger partial charge in [0.05, 0.1) is 12.3 Å². The van der Waals surface area contributed by atoms with Gasteiger partial charge in [-0.1, -0.05) is 53.2 Å². The molecule has 0 saturated heterocycles.